The molecule has 0 saturated heterocycles. The van der Waals surface area contributed by atoms with E-state index in [-0.39, 0.29) is 11.3 Å². The lowest BCUT2D eigenvalue weighted by atomic mass is 10.1. The Bertz CT molecular complexity index is 811. The summed E-state index contributed by atoms with van der Waals surface area (Å²) in [7, 11) is -3.49. The zero-order valence-corrected chi connectivity index (χ0v) is 11.3. The number of carbonyl (C=O) groups excluding carboxylic acids is 1. The van der Waals surface area contributed by atoms with Crippen LogP contribution in [0.4, 0.5) is 0 Å². The van der Waals surface area contributed by atoms with Crippen LogP contribution in [0.25, 0.3) is 10.9 Å². The molecule has 0 bridgehead atoms. The number of fused-ring (bicyclic) bond motifs is 1. The molecule has 0 amide bonds. The van der Waals surface area contributed by atoms with Crippen LogP contribution in [0.2, 0.25) is 0 Å². The number of aromatic nitrogens is 1. The highest BCUT2D eigenvalue weighted by molar-refractivity contribution is 7.91. The molecule has 20 heavy (non-hydrogen) atoms. The topological polar surface area (TPSA) is 101 Å². The normalized spacial score (nSPS) is 11.4. The minimum atomic E-state index is -3.49. The number of carbonyl (C=O) groups is 2. The lowest BCUT2D eigenvalue weighted by molar-refractivity contribution is 0.0699. The highest BCUT2D eigenvalue weighted by Crippen LogP contribution is 2.19. The van der Waals surface area contributed by atoms with Crippen LogP contribution < -0.4 is 0 Å². The molecular formula is C13H11NO5S. The first-order chi connectivity index (χ1) is 9.28. The second-order valence-corrected chi connectivity index (χ2v) is 6.51. The van der Waals surface area contributed by atoms with Crippen molar-refractivity contribution in [2.75, 3.05) is 12.0 Å². The summed E-state index contributed by atoms with van der Waals surface area (Å²) in [5.41, 5.74) is 0.100. The molecule has 1 N–H and O–H groups in total. The number of nitrogens with zero attached hydrogens (tertiary/aromatic N) is 1. The molecule has 6 nitrogen and oxygen atoms in total. The van der Waals surface area contributed by atoms with Gasteiger partial charge in [0.25, 0.3) is 0 Å². The van der Waals surface area contributed by atoms with Gasteiger partial charge in [0.15, 0.2) is 15.6 Å². The number of ketones is 1. The molecule has 0 radical (unpaired) electrons. The van der Waals surface area contributed by atoms with Crippen molar-refractivity contribution in [2.45, 2.75) is 0 Å². The summed E-state index contributed by atoms with van der Waals surface area (Å²) in [5, 5.41) is 9.56. The number of hydrogen-bond acceptors (Lipinski definition) is 5. The molecule has 0 aliphatic rings. The van der Waals surface area contributed by atoms with Crippen LogP contribution in [-0.4, -0.2) is 42.3 Å². The van der Waals surface area contributed by atoms with E-state index in [0.29, 0.717) is 10.9 Å². The second-order valence-electron chi connectivity index (χ2n) is 4.37. The fourth-order valence-electron chi connectivity index (χ4n) is 1.81. The predicted octanol–water partition coefficient (Wildman–Crippen LogP) is 1.16. The number of hydrogen-bond donors (Lipinski definition) is 1. The minimum absolute atomic E-state index is 0.0764. The Morgan fingerprint density at radius 1 is 1.25 bits per heavy atom. The highest BCUT2D eigenvalue weighted by atomic mass is 32.2. The number of benzene rings is 1. The smallest absolute Gasteiger partial charge is 0.336 e. The third-order valence-corrected chi connectivity index (χ3v) is 3.41. The van der Waals surface area contributed by atoms with E-state index in [2.05, 4.69) is 4.98 Å². The zero-order valence-electron chi connectivity index (χ0n) is 10.5. The maximum Gasteiger partial charge on any atom is 0.336 e. The Morgan fingerprint density at radius 2 is 1.90 bits per heavy atom. The van der Waals surface area contributed by atoms with Gasteiger partial charge in [-0.1, -0.05) is 18.2 Å². The molecule has 1 heterocycles. The molecule has 0 aliphatic carbocycles. The van der Waals surface area contributed by atoms with Gasteiger partial charge >= 0.3 is 5.97 Å². The van der Waals surface area contributed by atoms with E-state index in [0.717, 1.165) is 12.3 Å². The van der Waals surface area contributed by atoms with Crippen molar-refractivity contribution in [3.63, 3.8) is 0 Å². The fraction of sp³-hybridized carbons (Fsp3) is 0.154. The van der Waals surface area contributed by atoms with Gasteiger partial charge in [0.2, 0.25) is 0 Å². The van der Waals surface area contributed by atoms with Gasteiger partial charge in [0, 0.05) is 11.6 Å². The molecule has 0 spiro atoms. The molecule has 0 fully saturated rings. The largest absolute Gasteiger partial charge is 0.478 e. The fourth-order valence-corrected chi connectivity index (χ4v) is 2.43. The van der Waals surface area contributed by atoms with E-state index >= 15 is 0 Å². The summed E-state index contributed by atoms with van der Waals surface area (Å²) in [6.07, 6.45) is 0.935. The van der Waals surface area contributed by atoms with Gasteiger partial charge < -0.3 is 5.11 Å². The van der Waals surface area contributed by atoms with E-state index in [9.17, 15) is 18.0 Å². The van der Waals surface area contributed by atoms with Crippen molar-refractivity contribution < 1.29 is 23.1 Å². The quantitative estimate of drug-likeness (QED) is 0.849. The minimum Gasteiger partial charge on any atom is -0.478 e. The molecule has 0 unspecified atom stereocenters. The maximum atomic E-state index is 11.8. The van der Waals surface area contributed by atoms with E-state index in [1.54, 1.807) is 24.3 Å². The Labute approximate surface area is 115 Å². The number of carboxylic acid groups (broad SMARTS) is 1. The first-order valence-corrected chi connectivity index (χ1v) is 7.68. The third-order valence-electron chi connectivity index (χ3n) is 2.63. The number of sulfone groups is 1. The van der Waals surface area contributed by atoms with E-state index < -0.39 is 27.3 Å². The zero-order chi connectivity index (χ0) is 14.9. The number of Topliss-reactive ketones (excluding diaryl/α,β-unsaturated/α-hetero) is 1. The summed E-state index contributed by atoms with van der Waals surface area (Å²) < 4.78 is 22.3. The monoisotopic (exact) mass is 293 g/mol. The summed E-state index contributed by atoms with van der Waals surface area (Å²) in [4.78, 5) is 27.1. The van der Waals surface area contributed by atoms with Crippen LogP contribution in [0, 0.1) is 0 Å². The van der Waals surface area contributed by atoms with Gasteiger partial charge in [-0.25, -0.2) is 18.2 Å². The summed E-state index contributed by atoms with van der Waals surface area (Å²) in [6.45, 7) is 0. The van der Waals surface area contributed by atoms with E-state index in [4.69, 9.17) is 5.11 Å². The average molecular weight is 293 g/mol. The summed E-state index contributed by atoms with van der Waals surface area (Å²) in [6, 6.07) is 7.58. The standard InChI is InChI=1S/C13H11NO5S/c1-20(18,19)7-12(15)11-6-9(13(16)17)8-4-2-3-5-10(8)14-11/h2-6H,7H2,1H3,(H,16,17). The molecule has 104 valence electrons. The molecule has 1 aromatic carbocycles. The average Bonchev–Trinajstić information content (AvgIpc) is 2.35. The van der Waals surface area contributed by atoms with Crippen molar-refractivity contribution in [3.8, 4) is 0 Å². The van der Waals surface area contributed by atoms with Crippen LogP contribution >= 0.6 is 0 Å². The Balaban J connectivity index is 2.61. The summed E-state index contributed by atoms with van der Waals surface area (Å²) in [5.74, 6) is -2.62. The molecule has 1 aromatic heterocycles. The predicted molar refractivity (Wildman–Crippen MR) is 72.7 cm³/mol. The third kappa shape index (κ3) is 3.00. The Kier molecular flexibility index (Phi) is 3.54. The van der Waals surface area contributed by atoms with Crippen LogP contribution in [0.3, 0.4) is 0 Å². The maximum absolute atomic E-state index is 11.8. The number of para-hydroxylation sites is 1. The molecule has 7 heteroatoms. The van der Waals surface area contributed by atoms with Gasteiger partial charge in [-0.15, -0.1) is 0 Å². The molecular weight excluding hydrogens is 282 g/mol. The number of rotatable bonds is 4. The number of pyridine rings is 1. The first kappa shape index (κ1) is 14.1. The van der Waals surface area contributed by atoms with Gasteiger partial charge in [-0.3, -0.25) is 4.79 Å². The van der Waals surface area contributed by atoms with Crippen LogP contribution in [0.1, 0.15) is 20.8 Å². The molecule has 2 aromatic rings. The van der Waals surface area contributed by atoms with Crippen molar-refractivity contribution in [1.29, 1.82) is 0 Å². The Morgan fingerprint density at radius 3 is 2.50 bits per heavy atom. The second kappa shape index (κ2) is 5.01. The molecule has 0 atom stereocenters. The Hall–Kier alpha value is -2.28. The van der Waals surface area contributed by atoms with E-state index in [1.807, 2.05) is 0 Å². The number of carboxylic acids is 1. The lowest BCUT2D eigenvalue weighted by Crippen LogP contribution is -2.16. The van der Waals surface area contributed by atoms with Crippen LogP contribution in [0.5, 0.6) is 0 Å². The van der Waals surface area contributed by atoms with Crippen molar-refractivity contribution >= 4 is 32.5 Å². The summed E-state index contributed by atoms with van der Waals surface area (Å²) >= 11 is 0. The lowest BCUT2D eigenvalue weighted by Gasteiger charge is -2.05. The molecule has 2 rings (SSSR count). The van der Waals surface area contributed by atoms with Gasteiger partial charge in [-0.05, 0) is 12.1 Å². The van der Waals surface area contributed by atoms with E-state index in [1.165, 1.54) is 0 Å². The number of aromatic carboxylic acids is 1. The van der Waals surface area contributed by atoms with Gasteiger partial charge in [-0.2, -0.15) is 0 Å². The SMILES string of the molecule is CS(=O)(=O)CC(=O)c1cc(C(=O)O)c2ccccc2n1. The van der Waals surface area contributed by atoms with Gasteiger partial charge in [0.05, 0.1) is 11.1 Å². The van der Waals surface area contributed by atoms with Crippen molar-refractivity contribution in [2.24, 2.45) is 0 Å². The van der Waals surface area contributed by atoms with Crippen molar-refractivity contribution in [3.05, 3.63) is 41.6 Å². The molecule has 0 saturated carbocycles. The van der Waals surface area contributed by atoms with Crippen molar-refractivity contribution in [1.82, 2.24) is 4.98 Å². The highest BCUT2D eigenvalue weighted by Gasteiger charge is 2.18. The van der Waals surface area contributed by atoms with Gasteiger partial charge in [0.1, 0.15) is 11.4 Å². The van der Waals surface area contributed by atoms with Crippen LogP contribution in [-0.2, 0) is 9.84 Å². The first-order valence-electron chi connectivity index (χ1n) is 5.62. The van der Waals surface area contributed by atoms with Crippen LogP contribution in [0.15, 0.2) is 30.3 Å². The molecule has 0 aliphatic heterocycles.